The molecule has 0 radical (unpaired) electrons. The minimum Gasteiger partial charge on any atom is -0.384 e. The van der Waals surface area contributed by atoms with Crippen molar-refractivity contribution in [2.45, 2.75) is 124 Å². The van der Waals surface area contributed by atoms with Crippen molar-refractivity contribution in [2.24, 2.45) is 0 Å². The molecule has 8 aliphatic carbocycles. The molecule has 4 atom stereocenters. The van der Waals surface area contributed by atoms with Gasteiger partial charge in [-0.15, -0.1) is 0 Å². The molecule has 0 heterocycles. The van der Waals surface area contributed by atoms with E-state index in [0.29, 0.717) is 0 Å². The molecule has 6 heteroatoms. The molecular formula is C54H60O4S2. The first-order chi connectivity index (χ1) is 28.7. The molecule has 0 spiro atoms. The van der Waals surface area contributed by atoms with Crippen LogP contribution in [0.1, 0.15) is 121 Å². The maximum atomic E-state index is 13.8. The van der Waals surface area contributed by atoms with E-state index in [1.807, 2.05) is 102 Å². The number of aliphatic hydroxyl groups is 2. The van der Waals surface area contributed by atoms with Crippen molar-refractivity contribution in [3.63, 3.8) is 0 Å². The van der Waals surface area contributed by atoms with Gasteiger partial charge in [-0.05, 0) is 149 Å². The van der Waals surface area contributed by atoms with Crippen LogP contribution in [0.15, 0.2) is 143 Å². The average molecular weight is 837 g/mol. The van der Waals surface area contributed by atoms with Crippen LogP contribution >= 0.6 is 0 Å². The maximum absolute atomic E-state index is 13.8. The third kappa shape index (κ3) is 10.0. The molecule has 312 valence electrons. The number of aryl methyl sites for hydroxylation is 8. The summed E-state index contributed by atoms with van der Waals surface area (Å²) in [5.74, 6) is 0. The van der Waals surface area contributed by atoms with Gasteiger partial charge in [-0.2, -0.15) is 0 Å². The van der Waals surface area contributed by atoms with Crippen LogP contribution in [0, 0.1) is 0 Å². The monoisotopic (exact) mass is 836 g/mol. The van der Waals surface area contributed by atoms with Gasteiger partial charge in [0.05, 0.1) is 21.6 Å². The summed E-state index contributed by atoms with van der Waals surface area (Å²) in [6.45, 7) is 12.1. The van der Waals surface area contributed by atoms with Gasteiger partial charge in [0.1, 0.15) is 12.2 Å². The summed E-state index contributed by atoms with van der Waals surface area (Å²) in [5, 5.41) is 23.0. The van der Waals surface area contributed by atoms with Crippen molar-refractivity contribution in [1.82, 2.24) is 0 Å². The number of hydrogen-bond donors (Lipinski definition) is 2. The third-order valence-electron chi connectivity index (χ3n) is 11.8. The number of aliphatic hydroxyl groups excluding tert-OH is 2. The van der Waals surface area contributed by atoms with Crippen molar-refractivity contribution in [3.05, 3.63) is 200 Å². The van der Waals surface area contributed by atoms with Gasteiger partial charge < -0.3 is 10.2 Å². The third-order valence-corrected chi connectivity index (χ3v) is 15.7. The first-order valence-electron chi connectivity index (χ1n) is 21.4. The minimum atomic E-state index is -1.23. The molecule has 0 fully saturated rings. The molecule has 6 aromatic carbocycles. The Labute approximate surface area is 363 Å². The Kier molecular flexibility index (Phi) is 13.6. The fourth-order valence-electron chi connectivity index (χ4n) is 8.32. The first kappa shape index (κ1) is 43.6. The second-order valence-corrected chi connectivity index (χ2v) is 22.6. The van der Waals surface area contributed by atoms with Crippen molar-refractivity contribution < 1.29 is 18.6 Å². The van der Waals surface area contributed by atoms with Gasteiger partial charge >= 0.3 is 0 Å². The van der Waals surface area contributed by atoms with E-state index in [0.717, 1.165) is 106 Å². The smallest absolute Gasteiger partial charge is 0.105 e. The van der Waals surface area contributed by atoms with Gasteiger partial charge in [-0.25, -0.2) is 0 Å². The van der Waals surface area contributed by atoms with Crippen LogP contribution < -0.4 is 0 Å². The Morgan fingerprint density at radius 2 is 0.650 bits per heavy atom. The SMILES string of the molecule is CC(C)(C)[S@@](=O)c1c2ccc(c1[C@H](O)c1ccccc1)CCc1ccc(cc1)CC2.CC(C)(C)[S@@](=O)c1c2ccc(c1[C@H](O)c1ccccc1)CCc1ccc(cc1)CC2. The van der Waals surface area contributed by atoms with E-state index in [4.69, 9.17) is 0 Å². The van der Waals surface area contributed by atoms with Gasteiger partial charge in [-0.1, -0.05) is 133 Å². The molecule has 8 bridgehead atoms. The largest absolute Gasteiger partial charge is 0.384 e. The molecule has 0 saturated heterocycles. The molecule has 2 N–H and O–H groups in total. The second kappa shape index (κ2) is 18.7. The quantitative estimate of drug-likeness (QED) is 0.175. The van der Waals surface area contributed by atoms with Crippen LogP contribution in [0.2, 0.25) is 0 Å². The molecule has 6 aromatic rings. The predicted octanol–water partition coefficient (Wildman–Crippen LogP) is 11.1. The molecule has 4 nitrogen and oxygen atoms in total. The molecule has 0 saturated carbocycles. The molecule has 8 aliphatic rings. The highest BCUT2D eigenvalue weighted by Crippen LogP contribution is 2.39. The highest BCUT2D eigenvalue weighted by atomic mass is 32.2. The summed E-state index contributed by atoms with van der Waals surface area (Å²) in [4.78, 5) is 1.68. The summed E-state index contributed by atoms with van der Waals surface area (Å²) in [6, 6.07) is 45.8. The molecule has 0 aliphatic heterocycles. The molecule has 0 aromatic heterocycles. The van der Waals surface area contributed by atoms with Crippen molar-refractivity contribution in [3.8, 4) is 0 Å². The fourth-order valence-corrected chi connectivity index (χ4v) is 11.2. The van der Waals surface area contributed by atoms with Gasteiger partial charge in [0, 0.05) is 30.4 Å². The van der Waals surface area contributed by atoms with Crippen LogP contribution in [0.4, 0.5) is 0 Å². The lowest BCUT2D eigenvalue weighted by molar-refractivity contribution is 0.215. The lowest BCUT2D eigenvalue weighted by atomic mass is 9.89. The van der Waals surface area contributed by atoms with Gasteiger partial charge in [0.2, 0.25) is 0 Å². The normalized spacial score (nSPS) is 16.0. The van der Waals surface area contributed by atoms with E-state index in [1.54, 1.807) is 0 Å². The Hall–Kier alpha value is -4.46. The van der Waals surface area contributed by atoms with Crippen LogP contribution in [0.25, 0.3) is 0 Å². The van der Waals surface area contributed by atoms with E-state index in [2.05, 4.69) is 72.8 Å². The summed E-state index contributed by atoms with van der Waals surface area (Å²) in [6.07, 6.45) is 5.27. The van der Waals surface area contributed by atoms with Gasteiger partial charge in [0.15, 0.2) is 0 Å². The molecule has 0 unspecified atom stereocenters. The van der Waals surface area contributed by atoms with Crippen LogP contribution in [-0.2, 0) is 73.0 Å². The van der Waals surface area contributed by atoms with E-state index in [-0.39, 0.29) is 0 Å². The number of hydrogen-bond acceptors (Lipinski definition) is 4. The van der Waals surface area contributed by atoms with E-state index >= 15 is 0 Å². The Morgan fingerprint density at radius 1 is 0.383 bits per heavy atom. The van der Waals surface area contributed by atoms with E-state index in [1.165, 1.54) is 22.3 Å². The van der Waals surface area contributed by atoms with Crippen LogP contribution in [-0.4, -0.2) is 28.1 Å². The zero-order valence-corrected chi connectivity index (χ0v) is 37.7. The van der Waals surface area contributed by atoms with Crippen LogP contribution in [0.5, 0.6) is 0 Å². The summed E-state index contributed by atoms with van der Waals surface area (Å²) >= 11 is 0. The maximum Gasteiger partial charge on any atom is 0.105 e. The number of rotatable bonds is 6. The lowest BCUT2D eigenvalue weighted by Gasteiger charge is -2.27. The molecule has 0 amide bonds. The Bertz CT molecular complexity index is 2270. The Morgan fingerprint density at radius 3 is 0.933 bits per heavy atom. The highest BCUT2D eigenvalue weighted by molar-refractivity contribution is 7.86. The van der Waals surface area contributed by atoms with Crippen molar-refractivity contribution >= 4 is 21.6 Å². The standard InChI is InChI=1S/2C27H30O2S/c2*1-27(2,3)30(29)26-23-16-14-20-11-9-19(10-12-20)13-15-21(17-18-23)24(26)25(28)22-7-5-4-6-8-22/h2*4-12,17-18,25,28H,13-16H2,1-3H3/t2*25-,30+/m11/s1. The zero-order valence-electron chi connectivity index (χ0n) is 36.0. The second-order valence-electron chi connectivity index (χ2n) is 18.3. The minimum absolute atomic E-state index is 0.406. The molecule has 14 rings (SSSR count). The molecular weight excluding hydrogens is 777 g/mol. The first-order valence-corrected chi connectivity index (χ1v) is 23.7. The Balaban J connectivity index is 0.000000181. The lowest BCUT2D eigenvalue weighted by Crippen LogP contribution is -2.25. The van der Waals surface area contributed by atoms with Crippen molar-refractivity contribution in [1.29, 1.82) is 0 Å². The summed E-state index contributed by atoms with van der Waals surface area (Å²) in [5.41, 5.74) is 12.9. The summed E-state index contributed by atoms with van der Waals surface area (Å²) in [7, 11) is -2.47. The van der Waals surface area contributed by atoms with E-state index < -0.39 is 43.3 Å². The molecule has 60 heavy (non-hydrogen) atoms. The predicted molar refractivity (Wildman–Crippen MR) is 249 cm³/mol. The van der Waals surface area contributed by atoms with E-state index in [9.17, 15) is 18.6 Å². The average Bonchev–Trinajstić information content (AvgIpc) is 3.24. The van der Waals surface area contributed by atoms with Crippen molar-refractivity contribution in [2.75, 3.05) is 0 Å². The van der Waals surface area contributed by atoms with Crippen LogP contribution in [0.3, 0.4) is 0 Å². The zero-order chi connectivity index (χ0) is 42.6. The van der Waals surface area contributed by atoms with Gasteiger partial charge in [0.25, 0.3) is 0 Å². The summed E-state index contributed by atoms with van der Waals surface area (Å²) < 4.78 is 26.7. The fraction of sp³-hybridized carbons (Fsp3) is 0.333. The number of benzene rings is 6. The highest BCUT2D eigenvalue weighted by Gasteiger charge is 2.32. The van der Waals surface area contributed by atoms with Gasteiger partial charge in [-0.3, -0.25) is 8.42 Å². The topological polar surface area (TPSA) is 74.6 Å².